The fourth-order valence-corrected chi connectivity index (χ4v) is 1.31. The van der Waals surface area contributed by atoms with Crippen molar-refractivity contribution in [2.24, 2.45) is 5.41 Å². The van der Waals surface area contributed by atoms with E-state index in [0.29, 0.717) is 5.82 Å². The molecule has 74 valence electrons. The summed E-state index contributed by atoms with van der Waals surface area (Å²) in [5.41, 5.74) is -0.136. The summed E-state index contributed by atoms with van der Waals surface area (Å²) in [4.78, 5) is 8.27. The van der Waals surface area contributed by atoms with Gasteiger partial charge in [-0.25, -0.2) is 9.97 Å². The maximum absolute atomic E-state index is 9.04. The Morgan fingerprint density at radius 1 is 1.36 bits per heavy atom. The Labute approximate surface area is 92.3 Å². The second kappa shape index (κ2) is 4.05. The molecular weight excluding hydrogens is 242 g/mol. The predicted octanol–water partition coefficient (Wildman–Crippen LogP) is 2.89. The first-order valence-electron chi connectivity index (χ1n) is 4.32. The molecule has 0 aliphatic carbocycles. The van der Waals surface area contributed by atoms with Crippen molar-refractivity contribution < 1.29 is 0 Å². The van der Waals surface area contributed by atoms with E-state index >= 15 is 0 Å². The zero-order chi connectivity index (χ0) is 10.8. The average Bonchev–Trinajstić information content (AvgIpc) is 2.07. The van der Waals surface area contributed by atoms with Crippen LogP contribution in [0.2, 0.25) is 0 Å². The Kier molecular flexibility index (Phi) is 3.22. The summed E-state index contributed by atoms with van der Waals surface area (Å²) in [6, 6.07) is 2.24. The van der Waals surface area contributed by atoms with Crippen LogP contribution in [0, 0.1) is 16.7 Å². The van der Waals surface area contributed by atoms with Crippen LogP contribution in [-0.4, -0.2) is 9.97 Å². The Morgan fingerprint density at radius 3 is 2.21 bits per heavy atom. The van der Waals surface area contributed by atoms with Gasteiger partial charge in [0.25, 0.3) is 0 Å². The van der Waals surface area contributed by atoms with Crippen molar-refractivity contribution in [2.75, 3.05) is 0 Å². The second-order valence-corrected chi connectivity index (χ2v) is 5.10. The lowest BCUT2D eigenvalue weighted by Gasteiger charge is -2.22. The molecule has 14 heavy (non-hydrogen) atoms. The van der Waals surface area contributed by atoms with Gasteiger partial charge in [-0.1, -0.05) is 20.8 Å². The van der Waals surface area contributed by atoms with Crippen LogP contribution in [-0.2, 0) is 0 Å². The van der Waals surface area contributed by atoms with Gasteiger partial charge in [0.15, 0.2) is 0 Å². The van der Waals surface area contributed by atoms with Crippen LogP contribution < -0.4 is 0 Å². The third-order valence-electron chi connectivity index (χ3n) is 1.89. The highest BCUT2D eigenvalue weighted by molar-refractivity contribution is 9.10. The molecule has 1 unspecified atom stereocenters. The van der Waals surface area contributed by atoms with E-state index in [-0.39, 0.29) is 11.3 Å². The monoisotopic (exact) mass is 253 g/mol. The third-order valence-corrected chi connectivity index (χ3v) is 2.30. The molecule has 1 aromatic heterocycles. The highest BCUT2D eigenvalue weighted by atomic mass is 79.9. The van der Waals surface area contributed by atoms with E-state index in [2.05, 4.69) is 32.0 Å². The summed E-state index contributed by atoms with van der Waals surface area (Å²) >= 11 is 3.26. The molecule has 1 aromatic rings. The van der Waals surface area contributed by atoms with Crippen LogP contribution in [0.25, 0.3) is 0 Å². The smallest absolute Gasteiger partial charge is 0.145 e. The molecule has 1 rings (SSSR count). The number of halogens is 1. The molecular formula is C10H12BrN3. The minimum atomic E-state index is -0.268. The van der Waals surface area contributed by atoms with Crippen molar-refractivity contribution in [3.05, 3.63) is 22.7 Å². The number of hydrogen-bond acceptors (Lipinski definition) is 3. The minimum absolute atomic E-state index is 0.136. The minimum Gasteiger partial charge on any atom is -0.239 e. The van der Waals surface area contributed by atoms with Crippen molar-refractivity contribution in [1.29, 1.82) is 5.26 Å². The van der Waals surface area contributed by atoms with Crippen LogP contribution in [0.4, 0.5) is 0 Å². The molecule has 0 N–H and O–H groups in total. The van der Waals surface area contributed by atoms with Gasteiger partial charge < -0.3 is 0 Å². The largest absolute Gasteiger partial charge is 0.239 e. The molecule has 0 saturated heterocycles. The molecule has 0 aromatic carbocycles. The first kappa shape index (κ1) is 11.1. The molecule has 0 amide bonds. The molecule has 0 fully saturated rings. The zero-order valence-electron chi connectivity index (χ0n) is 8.45. The van der Waals surface area contributed by atoms with Gasteiger partial charge in [0.05, 0.1) is 10.5 Å². The van der Waals surface area contributed by atoms with E-state index in [9.17, 15) is 0 Å². The molecule has 0 saturated carbocycles. The van der Waals surface area contributed by atoms with E-state index in [1.807, 2.05) is 20.8 Å². The molecule has 0 radical (unpaired) electrons. The highest BCUT2D eigenvalue weighted by Gasteiger charge is 2.28. The SMILES string of the molecule is CC(C)(C)C(C#N)c1ncc(Br)cn1. The molecule has 1 heterocycles. The number of aromatic nitrogens is 2. The van der Waals surface area contributed by atoms with E-state index in [1.54, 1.807) is 12.4 Å². The Balaban J connectivity index is 3.04. The summed E-state index contributed by atoms with van der Waals surface area (Å²) in [5, 5.41) is 9.04. The van der Waals surface area contributed by atoms with Crippen LogP contribution in [0.3, 0.4) is 0 Å². The van der Waals surface area contributed by atoms with E-state index < -0.39 is 0 Å². The summed E-state index contributed by atoms with van der Waals surface area (Å²) in [7, 11) is 0. The quantitative estimate of drug-likeness (QED) is 0.774. The van der Waals surface area contributed by atoms with Crippen LogP contribution >= 0.6 is 15.9 Å². The number of hydrogen-bond donors (Lipinski definition) is 0. The summed E-state index contributed by atoms with van der Waals surface area (Å²) in [6.45, 7) is 6.02. The van der Waals surface area contributed by atoms with Crippen LogP contribution in [0.1, 0.15) is 32.5 Å². The van der Waals surface area contributed by atoms with Gasteiger partial charge in [0, 0.05) is 12.4 Å². The summed E-state index contributed by atoms with van der Waals surface area (Å²) in [5.74, 6) is 0.318. The number of nitriles is 1. The fourth-order valence-electron chi connectivity index (χ4n) is 1.11. The predicted molar refractivity (Wildman–Crippen MR) is 57.5 cm³/mol. The van der Waals surface area contributed by atoms with Crippen LogP contribution in [0.15, 0.2) is 16.9 Å². The average molecular weight is 254 g/mol. The van der Waals surface area contributed by atoms with Gasteiger partial charge in [-0.3, -0.25) is 0 Å². The van der Waals surface area contributed by atoms with E-state index in [1.165, 1.54) is 0 Å². The van der Waals surface area contributed by atoms with Gasteiger partial charge >= 0.3 is 0 Å². The van der Waals surface area contributed by atoms with Crippen molar-refractivity contribution in [3.63, 3.8) is 0 Å². The van der Waals surface area contributed by atoms with Crippen LogP contribution in [0.5, 0.6) is 0 Å². The first-order valence-corrected chi connectivity index (χ1v) is 5.11. The Morgan fingerprint density at radius 2 is 1.86 bits per heavy atom. The fraction of sp³-hybridized carbons (Fsp3) is 0.500. The standard InChI is InChI=1S/C10H12BrN3/c1-10(2,3)8(4-12)9-13-5-7(11)6-14-9/h5-6,8H,1-3H3. The number of nitrogens with zero attached hydrogens (tertiary/aromatic N) is 3. The maximum atomic E-state index is 9.04. The van der Waals surface area contributed by atoms with Gasteiger partial charge in [-0.05, 0) is 21.3 Å². The van der Waals surface area contributed by atoms with Gasteiger partial charge in [-0.15, -0.1) is 0 Å². The third kappa shape index (κ3) is 2.52. The second-order valence-electron chi connectivity index (χ2n) is 4.19. The number of rotatable bonds is 1. The molecule has 0 aliphatic heterocycles. The van der Waals surface area contributed by atoms with E-state index in [4.69, 9.17) is 5.26 Å². The molecule has 4 heteroatoms. The van der Waals surface area contributed by atoms with E-state index in [0.717, 1.165) is 4.47 Å². The van der Waals surface area contributed by atoms with Gasteiger partial charge in [0.2, 0.25) is 0 Å². The molecule has 1 atom stereocenters. The summed E-state index contributed by atoms with van der Waals surface area (Å²) < 4.78 is 0.826. The molecule has 0 bridgehead atoms. The summed E-state index contributed by atoms with van der Waals surface area (Å²) in [6.07, 6.45) is 3.33. The molecule has 0 aliphatic rings. The lowest BCUT2D eigenvalue weighted by Crippen LogP contribution is -2.19. The Hall–Kier alpha value is -0.950. The first-order chi connectivity index (χ1) is 6.45. The highest BCUT2D eigenvalue weighted by Crippen LogP contribution is 2.32. The van der Waals surface area contributed by atoms with Crippen molar-refractivity contribution >= 4 is 15.9 Å². The van der Waals surface area contributed by atoms with Crippen molar-refractivity contribution in [2.45, 2.75) is 26.7 Å². The normalized spacial score (nSPS) is 13.4. The van der Waals surface area contributed by atoms with Gasteiger partial charge in [-0.2, -0.15) is 5.26 Å². The van der Waals surface area contributed by atoms with Gasteiger partial charge in [0.1, 0.15) is 11.7 Å². The Bertz CT molecular complexity index is 345. The lowest BCUT2D eigenvalue weighted by atomic mass is 9.81. The van der Waals surface area contributed by atoms with Crippen molar-refractivity contribution in [3.8, 4) is 6.07 Å². The lowest BCUT2D eigenvalue weighted by molar-refractivity contribution is 0.361. The molecule has 0 spiro atoms. The zero-order valence-corrected chi connectivity index (χ0v) is 10.0. The van der Waals surface area contributed by atoms with Crippen molar-refractivity contribution in [1.82, 2.24) is 9.97 Å². The molecule has 3 nitrogen and oxygen atoms in total. The topological polar surface area (TPSA) is 49.6 Å². The maximum Gasteiger partial charge on any atom is 0.145 e.